The summed E-state index contributed by atoms with van der Waals surface area (Å²) >= 11 is 5.85. The van der Waals surface area contributed by atoms with Crippen LogP contribution in [0.1, 0.15) is 28.8 Å². The molecule has 1 aliphatic heterocycles. The minimum Gasteiger partial charge on any atom is -0.508 e. The third-order valence-electron chi connectivity index (χ3n) is 4.29. The molecule has 2 N–H and O–H groups in total. The highest BCUT2D eigenvalue weighted by Crippen LogP contribution is 2.22. The lowest BCUT2D eigenvalue weighted by Crippen LogP contribution is -2.45. The number of carbonyl (C=O) groups is 2. The number of carbonyl (C=O) groups excluding carboxylic acids is 2. The predicted molar refractivity (Wildman–Crippen MR) is 95.5 cm³/mol. The number of hydrogen-bond donors (Lipinski definition) is 2. The number of amides is 2. The SMILES string of the molecule is O=C(NCc1ccc(Cl)cc1)[C@@H]1CCCN1C(=O)c1cccc(O)c1. The van der Waals surface area contributed by atoms with Crippen molar-refractivity contribution in [3.63, 3.8) is 0 Å². The normalized spacial score (nSPS) is 16.7. The molecule has 0 saturated carbocycles. The van der Waals surface area contributed by atoms with Gasteiger partial charge in [-0.1, -0.05) is 29.8 Å². The molecule has 5 nitrogen and oxygen atoms in total. The van der Waals surface area contributed by atoms with Crippen LogP contribution in [0.25, 0.3) is 0 Å². The van der Waals surface area contributed by atoms with Gasteiger partial charge in [0.1, 0.15) is 11.8 Å². The molecule has 6 heteroatoms. The first-order valence-corrected chi connectivity index (χ1v) is 8.54. The molecule has 2 amide bonds. The van der Waals surface area contributed by atoms with Gasteiger partial charge in [0, 0.05) is 23.7 Å². The van der Waals surface area contributed by atoms with Crippen molar-refractivity contribution in [1.29, 1.82) is 0 Å². The van der Waals surface area contributed by atoms with Gasteiger partial charge in [0.25, 0.3) is 5.91 Å². The molecule has 1 saturated heterocycles. The standard InChI is InChI=1S/C19H19ClN2O3/c20-15-8-6-13(7-9-15)12-21-18(24)17-5-2-10-22(17)19(25)14-3-1-4-16(23)11-14/h1,3-4,6-9,11,17,23H,2,5,10,12H2,(H,21,24)/t17-/m0/s1. The lowest BCUT2D eigenvalue weighted by molar-refractivity contribution is -0.125. The van der Waals surface area contributed by atoms with Gasteiger partial charge in [0.15, 0.2) is 0 Å². The first-order valence-electron chi connectivity index (χ1n) is 8.17. The van der Waals surface area contributed by atoms with Crippen LogP contribution in [-0.2, 0) is 11.3 Å². The zero-order valence-corrected chi connectivity index (χ0v) is 14.4. The summed E-state index contributed by atoms with van der Waals surface area (Å²) in [5.41, 5.74) is 1.33. The van der Waals surface area contributed by atoms with Crippen LogP contribution < -0.4 is 5.32 Å². The van der Waals surface area contributed by atoms with E-state index in [0.717, 1.165) is 12.0 Å². The summed E-state index contributed by atoms with van der Waals surface area (Å²) in [6.45, 7) is 0.925. The maximum atomic E-state index is 12.6. The van der Waals surface area contributed by atoms with E-state index in [-0.39, 0.29) is 17.6 Å². The molecular weight excluding hydrogens is 340 g/mol. The Morgan fingerprint density at radius 2 is 1.96 bits per heavy atom. The van der Waals surface area contributed by atoms with E-state index in [0.29, 0.717) is 30.1 Å². The van der Waals surface area contributed by atoms with Crippen LogP contribution in [0.15, 0.2) is 48.5 Å². The van der Waals surface area contributed by atoms with E-state index in [1.165, 1.54) is 12.1 Å². The van der Waals surface area contributed by atoms with Crippen LogP contribution in [0, 0.1) is 0 Å². The molecular formula is C19H19ClN2O3. The Balaban J connectivity index is 1.65. The number of phenols is 1. The van der Waals surface area contributed by atoms with Crippen molar-refractivity contribution >= 4 is 23.4 Å². The summed E-state index contributed by atoms with van der Waals surface area (Å²) in [5, 5.41) is 13.1. The monoisotopic (exact) mass is 358 g/mol. The summed E-state index contributed by atoms with van der Waals surface area (Å²) in [7, 11) is 0. The molecule has 0 aliphatic carbocycles. The van der Waals surface area contributed by atoms with E-state index in [1.807, 2.05) is 12.1 Å². The molecule has 1 heterocycles. The van der Waals surface area contributed by atoms with E-state index in [1.54, 1.807) is 29.2 Å². The Labute approximate surface area is 151 Å². The highest BCUT2D eigenvalue weighted by molar-refractivity contribution is 6.30. The van der Waals surface area contributed by atoms with Gasteiger partial charge in [-0.05, 0) is 48.7 Å². The average Bonchev–Trinajstić information content (AvgIpc) is 3.10. The van der Waals surface area contributed by atoms with E-state index >= 15 is 0 Å². The van der Waals surface area contributed by atoms with Gasteiger partial charge in [0.2, 0.25) is 5.91 Å². The van der Waals surface area contributed by atoms with Crippen LogP contribution in [0.5, 0.6) is 5.75 Å². The molecule has 0 radical (unpaired) electrons. The minimum absolute atomic E-state index is 0.0359. The predicted octanol–water partition coefficient (Wildman–Crippen LogP) is 2.97. The van der Waals surface area contributed by atoms with Gasteiger partial charge >= 0.3 is 0 Å². The van der Waals surface area contributed by atoms with Crippen molar-refractivity contribution in [2.45, 2.75) is 25.4 Å². The summed E-state index contributed by atoms with van der Waals surface area (Å²) in [5.74, 6) is -0.366. The summed E-state index contributed by atoms with van der Waals surface area (Å²) in [4.78, 5) is 26.7. The number of benzene rings is 2. The fraction of sp³-hybridized carbons (Fsp3) is 0.263. The van der Waals surface area contributed by atoms with E-state index in [2.05, 4.69) is 5.32 Å². The number of hydrogen-bond acceptors (Lipinski definition) is 3. The molecule has 25 heavy (non-hydrogen) atoms. The Morgan fingerprint density at radius 1 is 1.20 bits per heavy atom. The maximum Gasteiger partial charge on any atom is 0.254 e. The zero-order valence-electron chi connectivity index (χ0n) is 13.6. The van der Waals surface area contributed by atoms with Crippen LogP contribution >= 0.6 is 11.6 Å². The molecule has 0 aromatic heterocycles. The van der Waals surface area contributed by atoms with Crippen molar-refractivity contribution in [2.24, 2.45) is 0 Å². The number of likely N-dealkylation sites (tertiary alicyclic amines) is 1. The van der Waals surface area contributed by atoms with Crippen LogP contribution in [-0.4, -0.2) is 34.4 Å². The summed E-state index contributed by atoms with van der Waals surface area (Å²) in [6, 6.07) is 13.0. The highest BCUT2D eigenvalue weighted by Gasteiger charge is 2.34. The Kier molecular flexibility index (Phi) is 5.24. The quantitative estimate of drug-likeness (QED) is 0.882. The maximum absolute atomic E-state index is 12.6. The van der Waals surface area contributed by atoms with Crippen molar-refractivity contribution in [2.75, 3.05) is 6.54 Å². The third kappa shape index (κ3) is 4.12. The number of nitrogens with one attached hydrogen (secondary N) is 1. The molecule has 1 fully saturated rings. The molecule has 3 rings (SSSR count). The lowest BCUT2D eigenvalue weighted by Gasteiger charge is -2.24. The van der Waals surface area contributed by atoms with Crippen LogP contribution in [0.2, 0.25) is 5.02 Å². The second-order valence-corrected chi connectivity index (χ2v) is 6.49. The molecule has 2 aromatic carbocycles. The van der Waals surface area contributed by atoms with E-state index in [4.69, 9.17) is 11.6 Å². The smallest absolute Gasteiger partial charge is 0.254 e. The van der Waals surface area contributed by atoms with Crippen molar-refractivity contribution in [3.8, 4) is 5.75 Å². The fourth-order valence-electron chi connectivity index (χ4n) is 3.00. The molecule has 0 bridgehead atoms. The molecule has 0 spiro atoms. The van der Waals surface area contributed by atoms with Crippen molar-refractivity contribution in [1.82, 2.24) is 10.2 Å². The first-order chi connectivity index (χ1) is 12.0. The highest BCUT2D eigenvalue weighted by atomic mass is 35.5. The molecule has 130 valence electrons. The number of rotatable bonds is 4. The number of aromatic hydroxyl groups is 1. The van der Waals surface area contributed by atoms with Gasteiger partial charge in [-0.3, -0.25) is 9.59 Å². The van der Waals surface area contributed by atoms with Gasteiger partial charge < -0.3 is 15.3 Å². The second-order valence-electron chi connectivity index (χ2n) is 6.05. The van der Waals surface area contributed by atoms with Gasteiger partial charge in [-0.25, -0.2) is 0 Å². The number of nitrogens with zero attached hydrogens (tertiary/aromatic N) is 1. The summed E-state index contributed by atoms with van der Waals surface area (Å²) < 4.78 is 0. The topological polar surface area (TPSA) is 69.6 Å². The van der Waals surface area contributed by atoms with Gasteiger partial charge in [0.05, 0.1) is 0 Å². The lowest BCUT2D eigenvalue weighted by atomic mass is 10.1. The van der Waals surface area contributed by atoms with E-state index < -0.39 is 6.04 Å². The minimum atomic E-state index is -0.484. The first kappa shape index (κ1) is 17.3. The molecule has 1 atom stereocenters. The largest absolute Gasteiger partial charge is 0.508 e. The zero-order chi connectivity index (χ0) is 17.8. The summed E-state index contributed by atoms with van der Waals surface area (Å²) in [6.07, 6.45) is 1.42. The molecule has 1 aliphatic rings. The van der Waals surface area contributed by atoms with Gasteiger partial charge in [-0.15, -0.1) is 0 Å². The third-order valence-corrected chi connectivity index (χ3v) is 4.54. The Morgan fingerprint density at radius 3 is 2.68 bits per heavy atom. The van der Waals surface area contributed by atoms with Crippen LogP contribution in [0.4, 0.5) is 0 Å². The van der Waals surface area contributed by atoms with Gasteiger partial charge in [-0.2, -0.15) is 0 Å². The average molecular weight is 359 g/mol. The Bertz CT molecular complexity index is 776. The van der Waals surface area contributed by atoms with E-state index in [9.17, 15) is 14.7 Å². The fourth-order valence-corrected chi connectivity index (χ4v) is 3.12. The number of phenolic OH excluding ortho intramolecular Hbond substituents is 1. The van der Waals surface area contributed by atoms with Crippen molar-refractivity contribution in [3.05, 3.63) is 64.7 Å². The molecule has 2 aromatic rings. The molecule has 0 unspecified atom stereocenters. The van der Waals surface area contributed by atoms with Crippen molar-refractivity contribution < 1.29 is 14.7 Å². The number of halogens is 1. The Hall–Kier alpha value is -2.53. The van der Waals surface area contributed by atoms with Crippen LogP contribution in [0.3, 0.4) is 0 Å². The second kappa shape index (κ2) is 7.57.